The van der Waals surface area contributed by atoms with Crippen LogP contribution >= 0.6 is 0 Å². The molecule has 0 spiro atoms. The molecule has 0 aromatic carbocycles. The van der Waals surface area contributed by atoms with Crippen LogP contribution in [0.1, 0.15) is 40.5 Å². The highest BCUT2D eigenvalue weighted by Gasteiger charge is 2.24. The number of unbranched alkanes of at least 4 members (excludes halogenated alkanes) is 1. The van der Waals surface area contributed by atoms with E-state index in [1.165, 1.54) is 19.4 Å². The average molecular weight is 188 g/mol. The topological polar surface area (TPSA) is 20.2 Å². The fourth-order valence-electron chi connectivity index (χ4n) is 1.94. The third-order valence-electron chi connectivity index (χ3n) is 2.98. The van der Waals surface area contributed by atoms with Crippen molar-refractivity contribution in [1.29, 1.82) is 0 Å². The normalized spacial score (nSPS) is 14.5. The van der Waals surface area contributed by atoms with Crippen molar-refractivity contribution in [2.24, 2.45) is 0 Å². The van der Waals surface area contributed by atoms with E-state index >= 15 is 0 Å². The molecule has 0 aromatic heterocycles. The quantitative estimate of drug-likeness (QED) is 0.606. The molecule has 0 saturated heterocycles. The van der Waals surface area contributed by atoms with E-state index < -0.39 is 0 Å². The van der Waals surface area contributed by atoms with Gasteiger partial charge < -0.3 is 9.59 Å². The van der Waals surface area contributed by atoms with Crippen LogP contribution in [0.5, 0.6) is 0 Å². The van der Waals surface area contributed by atoms with Gasteiger partial charge in [-0.25, -0.2) is 0 Å². The van der Waals surface area contributed by atoms with E-state index in [1.54, 1.807) is 0 Å². The second-order valence-corrected chi connectivity index (χ2v) is 4.08. The van der Waals surface area contributed by atoms with Gasteiger partial charge in [-0.05, 0) is 27.2 Å². The first-order valence-electron chi connectivity index (χ1n) is 5.63. The number of aliphatic hydroxyl groups excluding tert-OH is 1. The summed E-state index contributed by atoms with van der Waals surface area (Å²) < 4.78 is 1.07. The molecule has 1 atom stereocenters. The number of nitrogens with zero attached hydrogens (tertiary/aromatic N) is 1. The molecule has 2 nitrogen and oxygen atoms in total. The van der Waals surface area contributed by atoms with Crippen LogP contribution in [0.25, 0.3) is 0 Å². The molecule has 1 N–H and O–H groups in total. The van der Waals surface area contributed by atoms with Gasteiger partial charge in [0, 0.05) is 0 Å². The lowest BCUT2D eigenvalue weighted by atomic mass is 10.2. The SMILES string of the molecule is CCCC[N+](CC)(CC)CC(C)O. The van der Waals surface area contributed by atoms with Crippen molar-refractivity contribution in [3.8, 4) is 0 Å². The summed E-state index contributed by atoms with van der Waals surface area (Å²) in [6, 6.07) is 0. The Labute approximate surface area is 83.2 Å². The van der Waals surface area contributed by atoms with Crippen molar-refractivity contribution in [3.63, 3.8) is 0 Å². The first-order chi connectivity index (χ1) is 6.10. The Morgan fingerprint density at radius 3 is 2.00 bits per heavy atom. The van der Waals surface area contributed by atoms with Crippen LogP contribution < -0.4 is 0 Å². The fourth-order valence-corrected chi connectivity index (χ4v) is 1.94. The lowest BCUT2D eigenvalue weighted by Crippen LogP contribution is -2.52. The zero-order chi connectivity index (χ0) is 10.3. The van der Waals surface area contributed by atoms with Crippen LogP contribution in [0.4, 0.5) is 0 Å². The van der Waals surface area contributed by atoms with Crippen molar-refractivity contribution < 1.29 is 9.59 Å². The summed E-state index contributed by atoms with van der Waals surface area (Å²) in [5.74, 6) is 0. The van der Waals surface area contributed by atoms with E-state index in [-0.39, 0.29) is 6.10 Å². The van der Waals surface area contributed by atoms with Crippen LogP contribution in [0.3, 0.4) is 0 Å². The highest BCUT2D eigenvalue weighted by Crippen LogP contribution is 2.10. The summed E-state index contributed by atoms with van der Waals surface area (Å²) in [5.41, 5.74) is 0. The molecular weight excluding hydrogens is 162 g/mol. The highest BCUT2D eigenvalue weighted by atomic mass is 16.3. The second kappa shape index (κ2) is 6.39. The van der Waals surface area contributed by atoms with Gasteiger partial charge in [0.05, 0.1) is 19.6 Å². The van der Waals surface area contributed by atoms with E-state index in [0.29, 0.717) is 0 Å². The molecule has 1 unspecified atom stereocenters. The van der Waals surface area contributed by atoms with Crippen molar-refractivity contribution in [1.82, 2.24) is 0 Å². The number of quaternary nitrogens is 1. The number of hydrogen-bond acceptors (Lipinski definition) is 1. The van der Waals surface area contributed by atoms with Gasteiger partial charge in [0.25, 0.3) is 0 Å². The molecule has 2 heteroatoms. The molecule has 0 bridgehead atoms. The molecule has 0 aliphatic carbocycles. The van der Waals surface area contributed by atoms with Gasteiger partial charge in [0.15, 0.2) is 0 Å². The van der Waals surface area contributed by atoms with E-state index in [1.807, 2.05) is 6.92 Å². The lowest BCUT2D eigenvalue weighted by Gasteiger charge is -2.37. The van der Waals surface area contributed by atoms with Crippen LogP contribution in [-0.4, -0.2) is 41.9 Å². The van der Waals surface area contributed by atoms with Gasteiger partial charge in [-0.15, -0.1) is 0 Å². The Morgan fingerprint density at radius 2 is 1.69 bits per heavy atom. The third-order valence-corrected chi connectivity index (χ3v) is 2.98. The van der Waals surface area contributed by atoms with Gasteiger partial charge in [0.2, 0.25) is 0 Å². The first-order valence-corrected chi connectivity index (χ1v) is 5.63. The monoisotopic (exact) mass is 188 g/mol. The Hall–Kier alpha value is -0.0800. The Kier molecular flexibility index (Phi) is 6.35. The maximum Gasteiger partial charge on any atom is 0.105 e. The summed E-state index contributed by atoms with van der Waals surface area (Å²) in [6.45, 7) is 13.0. The zero-order valence-corrected chi connectivity index (χ0v) is 9.71. The van der Waals surface area contributed by atoms with Crippen LogP contribution in [0, 0.1) is 0 Å². The van der Waals surface area contributed by atoms with Crippen LogP contribution in [0.15, 0.2) is 0 Å². The van der Waals surface area contributed by atoms with E-state index in [4.69, 9.17) is 0 Å². The summed E-state index contributed by atoms with van der Waals surface area (Å²) >= 11 is 0. The first kappa shape index (κ1) is 12.9. The second-order valence-electron chi connectivity index (χ2n) is 4.08. The zero-order valence-electron chi connectivity index (χ0n) is 9.71. The minimum atomic E-state index is -0.170. The minimum Gasteiger partial charge on any atom is -0.388 e. The van der Waals surface area contributed by atoms with Crippen molar-refractivity contribution in [2.45, 2.75) is 46.6 Å². The van der Waals surface area contributed by atoms with Crippen LogP contribution in [0.2, 0.25) is 0 Å². The van der Waals surface area contributed by atoms with E-state index in [9.17, 15) is 5.11 Å². The lowest BCUT2D eigenvalue weighted by molar-refractivity contribution is -0.927. The Bertz CT molecular complexity index is 119. The highest BCUT2D eigenvalue weighted by molar-refractivity contribution is 4.48. The summed E-state index contributed by atoms with van der Waals surface area (Å²) in [5, 5.41) is 9.43. The largest absolute Gasteiger partial charge is 0.388 e. The summed E-state index contributed by atoms with van der Waals surface area (Å²) in [6.07, 6.45) is 2.35. The van der Waals surface area contributed by atoms with E-state index in [0.717, 1.165) is 24.1 Å². The van der Waals surface area contributed by atoms with Gasteiger partial charge in [-0.3, -0.25) is 0 Å². The molecule has 0 rings (SSSR count). The third kappa shape index (κ3) is 4.63. The minimum absolute atomic E-state index is 0.170. The number of aliphatic hydroxyl groups is 1. The molecule has 13 heavy (non-hydrogen) atoms. The fraction of sp³-hybridized carbons (Fsp3) is 1.00. The predicted octanol–water partition coefficient (Wildman–Crippen LogP) is 2.02. The van der Waals surface area contributed by atoms with Crippen LogP contribution in [-0.2, 0) is 0 Å². The molecule has 0 fully saturated rings. The van der Waals surface area contributed by atoms with Crippen molar-refractivity contribution in [3.05, 3.63) is 0 Å². The maximum absolute atomic E-state index is 9.43. The standard InChI is InChI=1S/C11H26NO/c1-5-8-9-12(6-2,7-3)10-11(4)13/h11,13H,5-10H2,1-4H3/q+1. The van der Waals surface area contributed by atoms with Gasteiger partial charge in [0.1, 0.15) is 12.6 Å². The molecule has 0 aliphatic rings. The Morgan fingerprint density at radius 1 is 1.15 bits per heavy atom. The number of rotatable bonds is 7. The number of hydrogen-bond donors (Lipinski definition) is 1. The van der Waals surface area contributed by atoms with Gasteiger partial charge in [-0.2, -0.15) is 0 Å². The van der Waals surface area contributed by atoms with Gasteiger partial charge >= 0.3 is 0 Å². The number of likely N-dealkylation sites (N-methyl/N-ethyl adjacent to an activating group) is 1. The summed E-state index contributed by atoms with van der Waals surface area (Å²) in [7, 11) is 0. The Balaban J connectivity index is 4.13. The van der Waals surface area contributed by atoms with Crippen molar-refractivity contribution >= 4 is 0 Å². The van der Waals surface area contributed by atoms with Crippen molar-refractivity contribution in [2.75, 3.05) is 26.2 Å². The molecular formula is C11H26NO+. The molecule has 0 saturated carbocycles. The van der Waals surface area contributed by atoms with Gasteiger partial charge in [-0.1, -0.05) is 13.3 Å². The summed E-state index contributed by atoms with van der Waals surface area (Å²) in [4.78, 5) is 0. The average Bonchev–Trinajstić information content (AvgIpc) is 2.12. The molecule has 0 aromatic rings. The molecule has 80 valence electrons. The molecule has 0 amide bonds. The smallest absolute Gasteiger partial charge is 0.105 e. The maximum atomic E-state index is 9.43. The molecule has 0 heterocycles. The van der Waals surface area contributed by atoms with E-state index in [2.05, 4.69) is 20.8 Å². The molecule has 0 aliphatic heterocycles. The predicted molar refractivity (Wildman–Crippen MR) is 57.7 cm³/mol. The molecule has 0 radical (unpaired) electrons.